The van der Waals surface area contributed by atoms with Crippen LogP contribution < -0.4 is 26.4 Å². The summed E-state index contributed by atoms with van der Waals surface area (Å²) in [6, 6.07) is 16.8. The molecule has 0 saturated carbocycles. The molecule has 13 heteroatoms. The number of aliphatic hydroxyl groups is 1. The van der Waals surface area contributed by atoms with Gasteiger partial charge in [-0.1, -0.05) is 128 Å². The molecule has 0 fully saturated rings. The smallest absolute Gasteiger partial charge is 0.339 e. The SMILES string of the molecule is CCCCCC(=O)COC1(OCC(=O)CCCCC)Nc2cccc3ccc(C4=C(O)/C(=c5\ccc6cccc7c6c5=CC(COC(=O)CCCCC)(COC(=O)CCCCC)N7)C4=O)c(c23)N1. The fraction of sp³-hybridized carbons (Fsp3) is 0.473. The number of Topliss-reactive ketones (excluding diaryl/α,β-unsaturated/α-hetero) is 3. The van der Waals surface area contributed by atoms with Gasteiger partial charge in [-0.2, -0.15) is 0 Å². The van der Waals surface area contributed by atoms with Crippen molar-refractivity contribution in [3.8, 4) is 0 Å². The highest BCUT2D eigenvalue weighted by Gasteiger charge is 2.44. The van der Waals surface area contributed by atoms with Gasteiger partial charge in [0.2, 0.25) is 5.78 Å². The van der Waals surface area contributed by atoms with Crippen LogP contribution in [0.25, 0.3) is 38.8 Å². The van der Waals surface area contributed by atoms with Crippen LogP contribution in [0.2, 0.25) is 0 Å². The van der Waals surface area contributed by atoms with Crippen LogP contribution in [0, 0.1) is 0 Å². The van der Waals surface area contributed by atoms with Gasteiger partial charge in [-0.3, -0.25) is 24.0 Å². The van der Waals surface area contributed by atoms with Crippen LogP contribution in [-0.4, -0.2) is 72.4 Å². The second-order valence-electron chi connectivity index (χ2n) is 18.3. The number of nitrogens with one attached hydrogen (secondary N) is 3. The summed E-state index contributed by atoms with van der Waals surface area (Å²) < 4.78 is 24.4. The van der Waals surface area contributed by atoms with E-state index in [4.69, 9.17) is 18.9 Å². The van der Waals surface area contributed by atoms with Crippen LogP contribution in [0.3, 0.4) is 0 Å². The molecule has 0 saturated heterocycles. The summed E-state index contributed by atoms with van der Waals surface area (Å²) in [6.07, 6.45) is 13.3. The Morgan fingerprint density at radius 2 is 1.09 bits per heavy atom. The number of carbonyl (C=O) groups excluding carboxylic acids is 5. The normalized spacial score (nSPS) is 16.0. The Balaban J connectivity index is 1.31. The lowest BCUT2D eigenvalue weighted by molar-refractivity contribution is -0.200. The van der Waals surface area contributed by atoms with E-state index in [9.17, 15) is 29.1 Å². The van der Waals surface area contributed by atoms with Crippen molar-refractivity contribution in [2.75, 3.05) is 42.4 Å². The molecule has 68 heavy (non-hydrogen) atoms. The number of rotatable bonds is 27. The molecule has 0 bridgehead atoms. The van der Waals surface area contributed by atoms with E-state index in [1.165, 1.54) is 0 Å². The molecule has 0 atom stereocenters. The quantitative estimate of drug-likeness (QED) is 0.0253. The number of ether oxygens (including phenoxy) is 4. The van der Waals surface area contributed by atoms with Crippen molar-refractivity contribution in [1.29, 1.82) is 0 Å². The number of allylic oxidation sites excluding steroid dienone is 2. The molecule has 3 aliphatic rings. The zero-order valence-electron chi connectivity index (χ0n) is 40.1. The van der Waals surface area contributed by atoms with E-state index < -0.39 is 17.4 Å². The van der Waals surface area contributed by atoms with Crippen molar-refractivity contribution < 1.29 is 48.0 Å². The molecule has 1 aliphatic carbocycles. The Morgan fingerprint density at radius 1 is 0.574 bits per heavy atom. The van der Waals surface area contributed by atoms with Crippen molar-refractivity contribution in [3.63, 3.8) is 0 Å². The molecule has 4 aromatic rings. The van der Waals surface area contributed by atoms with Crippen molar-refractivity contribution >= 4 is 85.1 Å². The number of ketones is 3. The third-order valence-electron chi connectivity index (χ3n) is 12.9. The molecular formula is C55H67N3O10. The van der Waals surface area contributed by atoms with Gasteiger partial charge in [0.15, 0.2) is 11.6 Å². The average molecular weight is 930 g/mol. The minimum Gasteiger partial charge on any atom is -0.506 e. The summed E-state index contributed by atoms with van der Waals surface area (Å²) in [5.74, 6) is -1.63. The first-order chi connectivity index (χ1) is 33.0. The molecule has 0 radical (unpaired) electrons. The first-order valence-electron chi connectivity index (χ1n) is 24.8. The maximum absolute atomic E-state index is 14.9. The second-order valence-corrected chi connectivity index (χ2v) is 18.3. The van der Waals surface area contributed by atoms with Crippen LogP contribution >= 0.6 is 0 Å². The molecule has 0 aromatic heterocycles. The fourth-order valence-electron chi connectivity index (χ4n) is 9.19. The molecule has 0 spiro atoms. The predicted octanol–water partition coefficient (Wildman–Crippen LogP) is 9.67. The second kappa shape index (κ2) is 22.8. The largest absolute Gasteiger partial charge is 0.506 e. The number of esters is 2. The zero-order chi connectivity index (χ0) is 48.3. The van der Waals surface area contributed by atoms with Crippen LogP contribution in [0.5, 0.6) is 0 Å². The number of carbonyl (C=O) groups is 5. The minimum atomic E-state index is -1.88. The van der Waals surface area contributed by atoms with Crippen LogP contribution in [0.15, 0.2) is 66.4 Å². The summed E-state index contributed by atoms with van der Waals surface area (Å²) >= 11 is 0. The van der Waals surface area contributed by atoms with E-state index in [1.807, 2.05) is 54.6 Å². The molecular weight excluding hydrogens is 863 g/mol. The van der Waals surface area contributed by atoms with Crippen LogP contribution in [0.1, 0.15) is 136 Å². The van der Waals surface area contributed by atoms with E-state index in [1.54, 1.807) is 12.1 Å². The van der Waals surface area contributed by atoms with E-state index in [2.05, 4.69) is 43.6 Å². The Morgan fingerprint density at radius 3 is 1.63 bits per heavy atom. The molecule has 362 valence electrons. The van der Waals surface area contributed by atoms with Gasteiger partial charge in [0.25, 0.3) is 0 Å². The molecule has 2 heterocycles. The number of aliphatic hydroxyl groups excluding tert-OH is 1. The zero-order valence-corrected chi connectivity index (χ0v) is 40.1. The monoisotopic (exact) mass is 929 g/mol. The van der Waals surface area contributed by atoms with Crippen molar-refractivity contribution in [2.24, 2.45) is 0 Å². The Labute approximate surface area is 398 Å². The first-order valence-corrected chi connectivity index (χ1v) is 24.8. The number of anilines is 3. The highest BCUT2D eigenvalue weighted by molar-refractivity contribution is 6.52. The third-order valence-corrected chi connectivity index (χ3v) is 12.9. The van der Waals surface area contributed by atoms with Crippen molar-refractivity contribution in [1.82, 2.24) is 0 Å². The first kappa shape index (κ1) is 49.8. The average Bonchev–Trinajstić information content (AvgIpc) is 3.33. The maximum Gasteiger partial charge on any atom is 0.339 e. The Hall–Kier alpha value is -6.05. The Kier molecular flexibility index (Phi) is 16.7. The van der Waals surface area contributed by atoms with Gasteiger partial charge < -0.3 is 40.0 Å². The van der Waals surface area contributed by atoms with Gasteiger partial charge in [-0.05, 0) is 65.1 Å². The summed E-state index contributed by atoms with van der Waals surface area (Å²) in [4.78, 5) is 67.2. The number of unbranched alkanes of at least 4 members (excludes halogenated alkanes) is 8. The van der Waals surface area contributed by atoms with Crippen molar-refractivity contribution in [3.05, 3.63) is 82.4 Å². The van der Waals surface area contributed by atoms with Gasteiger partial charge in [0.05, 0.1) is 16.8 Å². The lowest BCUT2D eigenvalue weighted by Gasteiger charge is -2.40. The lowest BCUT2D eigenvalue weighted by atomic mass is 9.79. The van der Waals surface area contributed by atoms with Gasteiger partial charge in [0.1, 0.15) is 37.7 Å². The molecule has 2 aliphatic heterocycles. The van der Waals surface area contributed by atoms with Gasteiger partial charge in [-0.25, -0.2) is 0 Å². The van der Waals surface area contributed by atoms with Gasteiger partial charge >= 0.3 is 18.0 Å². The summed E-state index contributed by atoms with van der Waals surface area (Å²) in [7, 11) is 0. The lowest BCUT2D eigenvalue weighted by Crippen LogP contribution is -2.54. The molecule has 7 rings (SSSR count). The van der Waals surface area contributed by atoms with Gasteiger partial charge in [-0.15, -0.1) is 0 Å². The predicted molar refractivity (Wildman–Crippen MR) is 266 cm³/mol. The molecule has 13 nitrogen and oxygen atoms in total. The standard InChI is InChI=1S/C55H67N3O10/c1-5-9-13-21-38(59)32-67-55(68-33-39(60)22-14-10-6-2)57-44-24-18-20-37-28-30-41(51(58-55)48(37)44)50-52(63)49(53(50)64)40-29-27-36-19-17-23-43-47(36)42(40)31-54(56-43,34-65-45(61)25-15-11-7-3)35-66-46(62)26-16-12-8-4/h17-20,23-24,27-31,56-58,63H,5-16,21-22,25-26,32-35H2,1-4H3/b49-40-. The molecule has 4 aromatic carbocycles. The van der Waals surface area contributed by atoms with E-state index >= 15 is 0 Å². The summed E-state index contributed by atoms with van der Waals surface area (Å²) in [5, 5.41) is 26.6. The highest BCUT2D eigenvalue weighted by Crippen LogP contribution is 2.47. The number of benzene rings is 4. The third kappa shape index (κ3) is 11.3. The van der Waals surface area contributed by atoms with Crippen molar-refractivity contribution in [2.45, 2.75) is 142 Å². The fourth-order valence-corrected chi connectivity index (χ4v) is 9.19. The number of hydrogen-bond donors (Lipinski definition) is 4. The summed E-state index contributed by atoms with van der Waals surface area (Å²) in [5.41, 5.74) is 1.00. The van der Waals surface area contributed by atoms with Gasteiger partial charge in [0, 0.05) is 53.4 Å². The maximum atomic E-state index is 14.9. The number of hydrogen-bond acceptors (Lipinski definition) is 13. The minimum absolute atomic E-state index is 0.0593. The molecule has 4 N–H and O–H groups in total. The molecule has 0 unspecified atom stereocenters. The topological polar surface area (TPSA) is 179 Å². The molecule has 0 amide bonds. The Bertz CT molecular complexity index is 2650. The summed E-state index contributed by atoms with van der Waals surface area (Å²) in [6.45, 7) is 7.35. The van der Waals surface area contributed by atoms with E-state index in [0.29, 0.717) is 64.1 Å². The van der Waals surface area contributed by atoms with E-state index in [0.717, 1.165) is 80.4 Å². The van der Waals surface area contributed by atoms with E-state index in [-0.39, 0.29) is 79.7 Å². The van der Waals surface area contributed by atoms with Crippen LogP contribution in [0.4, 0.5) is 17.1 Å². The highest BCUT2D eigenvalue weighted by atomic mass is 16.7. The van der Waals surface area contributed by atoms with Crippen LogP contribution in [-0.2, 0) is 42.9 Å².